The van der Waals surface area contributed by atoms with E-state index in [0.717, 1.165) is 5.56 Å². The second-order valence-corrected chi connectivity index (χ2v) is 9.43. The highest BCUT2D eigenvalue weighted by Crippen LogP contribution is 2.33. The molecule has 1 aliphatic rings. The van der Waals surface area contributed by atoms with Crippen LogP contribution in [0.15, 0.2) is 28.8 Å². The van der Waals surface area contributed by atoms with E-state index in [9.17, 15) is 8.42 Å². The standard InChI is InChI=1S/C19H26N2O5S/c1-5-15(13-6-7-16-17(10-13)25-9-8-24-16)21-27(22,23)12-14-11-18(26-20-14)19(2,3)4/h6-7,10-11,15,21H,5,8-9,12H2,1-4H3. The summed E-state index contributed by atoms with van der Waals surface area (Å²) >= 11 is 0. The summed E-state index contributed by atoms with van der Waals surface area (Å²) < 4.78 is 44.4. The van der Waals surface area contributed by atoms with Gasteiger partial charge in [0.15, 0.2) is 11.5 Å². The Bertz CT molecular complexity index is 899. The Kier molecular flexibility index (Phi) is 5.48. The highest BCUT2D eigenvalue weighted by atomic mass is 32.2. The number of nitrogens with zero attached hydrogens (tertiary/aromatic N) is 1. The van der Waals surface area contributed by atoms with Crippen molar-refractivity contribution < 1.29 is 22.4 Å². The molecule has 0 bridgehead atoms. The first kappa shape index (κ1) is 19.7. The van der Waals surface area contributed by atoms with Gasteiger partial charge in [0.25, 0.3) is 0 Å². The van der Waals surface area contributed by atoms with E-state index < -0.39 is 10.0 Å². The Balaban J connectivity index is 1.74. The molecule has 0 saturated heterocycles. The van der Waals surface area contributed by atoms with Crippen molar-refractivity contribution in [1.29, 1.82) is 0 Å². The molecule has 1 aliphatic heterocycles. The lowest BCUT2D eigenvalue weighted by Gasteiger charge is -2.22. The number of hydrogen-bond acceptors (Lipinski definition) is 6. The normalized spacial score (nSPS) is 15.6. The van der Waals surface area contributed by atoms with Gasteiger partial charge in [-0.15, -0.1) is 0 Å². The summed E-state index contributed by atoms with van der Waals surface area (Å²) in [6, 6.07) is 6.84. The van der Waals surface area contributed by atoms with Crippen LogP contribution in [0.2, 0.25) is 0 Å². The van der Waals surface area contributed by atoms with Gasteiger partial charge in [-0.05, 0) is 24.1 Å². The van der Waals surface area contributed by atoms with Gasteiger partial charge >= 0.3 is 0 Å². The Hall–Kier alpha value is -2.06. The summed E-state index contributed by atoms with van der Waals surface area (Å²) in [6.07, 6.45) is 0.602. The molecule has 1 aromatic carbocycles. The molecule has 0 saturated carbocycles. The molecule has 0 spiro atoms. The minimum Gasteiger partial charge on any atom is -0.486 e. The van der Waals surface area contributed by atoms with E-state index in [-0.39, 0.29) is 17.2 Å². The lowest BCUT2D eigenvalue weighted by molar-refractivity contribution is 0.171. The van der Waals surface area contributed by atoms with E-state index in [1.807, 2.05) is 45.9 Å². The lowest BCUT2D eigenvalue weighted by atomic mass is 9.93. The number of ether oxygens (including phenoxy) is 2. The van der Waals surface area contributed by atoms with Gasteiger partial charge in [-0.3, -0.25) is 0 Å². The fourth-order valence-electron chi connectivity index (χ4n) is 2.85. The van der Waals surface area contributed by atoms with Gasteiger partial charge in [0.05, 0.1) is 0 Å². The summed E-state index contributed by atoms with van der Waals surface area (Å²) in [5.41, 5.74) is 1.00. The summed E-state index contributed by atoms with van der Waals surface area (Å²) in [4.78, 5) is 0. The van der Waals surface area contributed by atoms with Gasteiger partial charge in [0.2, 0.25) is 10.0 Å². The third-order valence-corrected chi connectivity index (χ3v) is 5.65. The van der Waals surface area contributed by atoms with Crippen molar-refractivity contribution in [3.8, 4) is 11.5 Å². The first-order valence-electron chi connectivity index (χ1n) is 9.03. The molecule has 148 valence electrons. The molecule has 7 nitrogen and oxygen atoms in total. The average Bonchev–Trinajstić information content (AvgIpc) is 3.07. The SMILES string of the molecule is CCC(NS(=O)(=O)Cc1cc(C(C)(C)C)on1)c1ccc2c(c1)OCCO2. The van der Waals surface area contributed by atoms with Crippen molar-refractivity contribution in [2.24, 2.45) is 0 Å². The van der Waals surface area contributed by atoms with Crippen LogP contribution in [0, 0.1) is 0 Å². The van der Waals surface area contributed by atoms with Crippen LogP contribution in [0.3, 0.4) is 0 Å². The predicted molar refractivity (Wildman–Crippen MR) is 101 cm³/mol. The molecule has 2 heterocycles. The van der Waals surface area contributed by atoms with Crippen molar-refractivity contribution >= 4 is 10.0 Å². The molecule has 0 fully saturated rings. The van der Waals surface area contributed by atoms with Crippen LogP contribution in [-0.2, 0) is 21.2 Å². The zero-order chi connectivity index (χ0) is 19.7. The zero-order valence-electron chi connectivity index (χ0n) is 16.1. The largest absolute Gasteiger partial charge is 0.486 e. The first-order chi connectivity index (χ1) is 12.7. The van der Waals surface area contributed by atoms with Crippen LogP contribution in [-0.4, -0.2) is 26.8 Å². The number of fused-ring (bicyclic) bond motifs is 1. The van der Waals surface area contributed by atoms with E-state index in [1.54, 1.807) is 6.07 Å². The molecule has 27 heavy (non-hydrogen) atoms. The second-order valence-electron chi connectivity index (χ2n) is 7.67. The second kappa shape index (κ2) is 7.52. The van der Waals surface area contributed by atoms with E-state index in [4.69, 9.17) is 14.0 Å². The Morgan fingerprint density at radius 1 is 1.15 bits per heavy atom. The number of rotatable bonds is 6. The molecule has 0 amide bonds. The quantitative estimate of drug-likeness (QED) is 0.808. The van der Waals surface area contributed by atoms with Crippen LogP contribution < -0.4 is 14.2 Å². The summed E-state index contributed by atoms with van der Waals surface area (Å²) in [5, 5.41) is 3.90. The molecule has 0 radical (unpaired) electrons. The van der Waals surface area contributed by atoms with Gasteiger partial charge in [-0.2, -0.15) is 0 Å². The molecular weight excluding hydrogens is 368 g/mol. The minimum atomic E-state index is -3.59. The third-order valence-electron chi connectivity index (χ3n) is 4.33. The zero-order valence-corrected chi connectivity index (χ0v) is 16.9. The van der Waals surface area contributed by atoms with Crippen molar-refractivity contribution in [1.82, 2.24) is 9.88 Å². The molecule has 3 rings (SSSR count). The minimum absolute atomic E-state index is 0.223. The molecule has 2 aromatic rings. The average molecular weight is 394 g/mol. The molecule has 1 aromatic heterocycles. The summed E-state index contributed by atoms with van der Waals surface area (Å²) in [5.74, 6) is 1.75. The van der Waals surface area contributed by atoms with Crippen LogP contribution in [0.25, 0.3) is 0 Å². The van der Waals surface area contributed by atoms with Crippen LogP contribution >= 0.6 is 0 Å². The van der Waals surface area contributed by atoms with Crippen molar-refractivity contribution in [3.05, 3.63) is 41.3 Å². The predicted octanol–water partition coefficient (Wildman–Crippen LogP) is 3.31. The molecule has 1 atom stereocenters. The maximum Gasteiger partial charge on any atom is 0.218 e. The van der Waals surface area contributed by atoms with Crippen molar-refractivity contribution in [3.63, 3.8) is 0 Å². The monoisotopic (exact) mass is 394 g/mol. The lowest BCUT2D eigenvalue weighted by Crippen LogP contribution is -2.29. The van der Waals surface area contributed by atoms with Gasteiger partial charge in [0.1, 0.15) is 30.4 Å². The van der Waals surface area contributed by atoms with Crippen LogP contribution in [0.1, 0.15) is 57.2 Å². The number of sulfonamides is 1. The highest BCUT2D eigenvalue weighted by molar-refractivity contribution is 7.88. The van der Waals surface area contributed by atoms with Gasteiger partial charge < -0.3 is 14.0 Å². The molecule has 1 unspecified atom stereocenters. The smallest absolute Gasteiger partial charge is 0.218 e. The molecule has 1 N–H and O–H groups in total. The van der Waals surface area contributed by atoms with Crippen LogP contribution in [0.4, 0.5) is 0 Å². The van der Waals surface area contributed by atoms with E-state index in [1.165, 1.54) is 0 Å². The van der Waals surface area contributed by atoms with E-state index >= 15 is 0 Å². The fourth-order valence-corrected chi connectivity index (χ4v) is 4.20. The van der Waals surface area contributed by atoms with Gasteiger partial charge in [-0.25, -0.2) is 13.1 Å². The molecular formula is C19H26N2O5S. The highest BCUT2D eigenvalue weighted by Gasteiger charge is 2.24. The number of nitrogens with one attached hydrogen (secondary N) is 1. The van der Waals surface area contributed by atoms with Gasteiger partial charge in [0, 0.05) is 17.5 Å². The van der Waals surface area contributed by atoms with Gasteiger partial charge in [-0.1, -0.05) is 38.9 Å². The Morgan fingerprint density at radius 3 is 2.48 bits per heavy atom. The maximum absolute atomic E-state index is 12.6. The van der Waals surface area contributed by atoms with E-state index in [0.29, 0.717) is 42.6 Å². The van der Waals surface area contributed by atoms with Crippen molar-refractivity contribution in [2.75, 3.05) is 13.2 Å². The number of hydrogen-bond donors (Lipinski definition) is 1. The fraction of sp³-hybridized carbons (Fsp3) is 0.526. The number of aromatic nitrogens is 1. The first-order valence-corrected chi connectivity index (χ1v) is 10.7. The third kappa shape index (κ3) is 4.81. The van der Waals surface area contributed by atoms with E-state index in [2.05, 4.69) is 9.88 Å². The van der Waals surface area contributed by atoms with Crippen LogP contribution in [0.5, 0.6) is 11.5 Å². The molecule has 8 heteroatoms. The Labute approximate surface area is 160 Å². The topological polar surface area (TPSA) is 90.7 Å². The molecule has 0 aliphatic carbocycles. The maximum atomic E-state index is 12.6. The van der Waals surface area contributed by atoms with Crippen molar-refractivity contribution in [2.45, 2.75) is 51.3 Å². The number of benzene rings is 1. The Morgan fingerprint density at radius 2 is 1.85 bits per heavy atom. The summed E-state index contributed by atoms with van der Waals surface area (Å²) in [7, 11) is -3.59. The summed E-state index contributed by atoms with van der Waals surface area (Å²) in [6.45, 7) is 8.89.